The van der Waals surface area contributed by atoms with Crippen LogP contribution in [0, 0.1) is 0 Å². The van der Waals surface area contributed by atoms with Crippen LogP contribution in [-0.2, 0) is 0 Å². The van der Waals surface area contributed by atoms with E-state index < -0.39 is 0 Å². The van der Waals surface area contributed by atoms with E-state index in [0.717, 1.165) is 73.4 Å². The molecule has 1 heterocycles. The van der Waals surface area contributed by atoms with E-state index >= 15 is 0 Å². The number of fused-ring (bicyclic) bond motifs is 3. The Morgan fingerprint density at radius 2 is 0.471 bits per heavy atom. The predicted octanol–water partition coefficient (Wildman–Crippen LogP) is 18.5. The first-order chi connectivity index (χ1) is 34.7. The molecule has 0 saturated carbocycles. The fraction of sp³-hybridized carbons (Fsp3) is 0. The quantitative estimate of drug-likeness (QED) is 0.113. The molecule has 0 fully saturated rings. The SMILES string of the molecule is c1ccc(N(c2ccccc2)c2ccc(-c3ccc(N(c4ccc(-c5ccc(N(c6ccccc6)c6ccccc6)cc5)cc4)c4ccc(-c5cccc6c5[se]c5ccccc56)cc4)cc3)cc2)cc1. The zero-order valence-corrected chi connectivity index (χ0v) is 40.1. The van der Waals surface area contributed by atoms with E-state index in [4.69, 9.17) is 0 Å². The Kier molecular flexibility index (Phi) is 11.7. The molecule has 0 radical (unpaired) electrons. The second-order valence-electron chi connectivity index (χ2n) is 17.4. The van der Waals surface area contributed by atoms with Crippen molar-refractivity contribution in [2.45, 2.75) is 0 Å². The monoisotopic (exact) mass is 961 g/mol. The first kappa shape index (κ1) is 42.7. The molecular weight excluding hydrogens is 914 g/mol. The molecule has 0 atom stereocenters. The molecule has 3 nitrogen and oxygen atoms in total. The molecule has 0 spiro atoms. The Morgan fingerprint density at radius 1 is 0.200 bits per heavy atom. The number of hydrogen-bond donors (Lipinski definition) is 0. The van der Waals surface area contributed by atoms with Crippen molar-refractivity contribution in [1.82, 2.24) is 0 Å². The van der Waals surface area contributed by atoms with Crippen LogP contribution in [0.4, 0.5) is 51.2 Å². The van der Waals surface area contributed by atoms with Crippen LogP contribution >= 0.6 is 0 Å². The zero-order valence-electron chi connectivity index (χ0n) is 38.4. The van der Waals surface area contributed by atoms with Crippen LogP contribution in [0.3, 0.4) is 0 Å². The summed E-state index contributed by atoms with van der Waals surface area (Å²) in [6, 6.07) is 103. The Morgan fingerprint density at radius 3 is 0.814 bits per heavy atom. The Labute approximate surface area is 415 Å². The van der Waals surface area contributed by atoms with Crippen LogP contribution in [0.5, 0.6) is 0 Å². The van der Waals surface area contributed by atoms with Crippen molar-refractivity contribution in [3.8, 4) is 33.4 Å². The van der Waals surface area contributed by atoms with Gasteiger partial charge in [0.2, 0.25) is 0 Å². The summed E-state index contributed by atoms with van der Waals surface area (Å²) in [5.74, 6) is 0. The van der Waals surface area contributed by atoms with Gasteiger partial charge in [-0.25, -0.2) is 0 Å². The minimum Gasteiger partial charge on any atom is -0.0602 e. The molecule has 11 aromatic carbocycles. The van der Waals surface area contributed by atoms with Crippen molar-refractivity contribution in [2.24, 2.45) is 0 Å². The second-order valence-corrected chi connectivity index (χ2v) is 19.6. The largest absolute Gasteiger partial charge is 0.0602 e. The van der Waals surface area contributed by atoms with Gasteiger partial charge in [-0.05, 0) is 72.8 Å². The smallest absolute Gasteiger partial charge is 0.0374 e. The first-order valence-electron chi connectivity index (χ1n) is 23.7. The van der Waals surface area contributed by atoms with Crippen LogP contribution in [0.1, 0.15) is 0 Å². The van der Waals surface area contributed by atoms with E-state index in [-0.39, 0.29) is 14.5 Å². The van der Waals surface area contributed by atoms with Crippen molar-refractivity contribution < 1.29 is 0 Å². The summed E-state index contributed by atoms with van der Waals surface area (Å²) in [4.78, 5) is 6.97. The Balaban J connectivity index is 0.871. The predicted molar refractivity (Wildman–Crippen MR) is 299 cm³/mol. The summed E-state index contributed by atoms with van der Waals surface area (Å²) in [7, 11) is 0. The molecule has 4 heteroatoms. The normalized spacial score (nSPS) is 11.1. The molecule has 0 unspecified atom stereocenters. The average molecular weight is 961 g/mol. The van der Waals surface area contributed by atoms with Gasteiger partial charge in [0.15, 0.2) is 0 Å². The van der Waals surface area contributed by atoms with Crippen molar-refractivity contribution in [1.29, 1.82) is 0 Å². The molecule has 0 aliphatic carbocycles. The Hall–Kier alpha value is -8.66. The van der Waals surface area contributed by atoms with E-state index in [1.54, 1.807) is 0 Å². The molecule has 0 aliphatic rings. The van der Waals surface area contributed by atoms with Crippen molar-refractivity contribution in [3.63, 3.8) is 0 Å². The number of benzene rings is 11. The third-order valence-electron chi connectivity index (χ3n) is 13.1. The van der Waals surface area contributed by atoms with Gasteiger partial charge >= 0.3 is 204 Å². The molecule has 0 bridgehead atoms. The van der Waals surface area contributed by atoms with Crippen LogP contribution < -0.4 is 14.7 Å². The fourth-order valence-electron chi connectivity index (χ4n) is 9.63. The third-order valence-corrected chi connectivity index (χ3v) is 15.6. The number of anilines is 9. The number of rotatable bonds is 12. The Bertz CT molecular complexity index is 3400. The molecule has 0 N–H and O–H groups in total. The first-order valence-corrected chi connectivity index (χ1v) is 25.5. The third kappa shape index (κ3) is 8.48. The van der Waals surface area contributed by atoms with Crippen molar-refractivity contribution >= 4 is 85.0 Å². The minimum atomic E-state index is 0.268. The van der Waals surface area contributed by atoms with Crippen LogP contribution in [0.25, 0.3) is 52.7 Å². The summed E-state index contributed by atoms with van der Waals surface area (Å²) in [5, 5.41) is 2.75. The van der Waals surface area contributed by atoms with E-state index in [9.17, 15) is 0 Å². The van der Waals surface area contributed by atoms with Gasteiger partial charge in [0.25, 0.3) is 0 Å². The van der Waals surface area contributed by atoms with Gasteiger partial charge in [0.05, 0.1) is 0 Å². The minimum absolute atomic E-state index is 0.268. The topological polar surface area (TPSA) is 9.72 Å². The van der Waals surface area contributed by atoms with Crippen molar-refractivity contribution in [2.75, 3.05) is 14.7 Å². The van der Waals surface area contributed by atoms with Gasteiger partial charge in [0, 0.05) is 34.1 Å². The molecule has 1 aromatic heterocycles. The van der Waals surface area contributed by atoms with E-state index in [1.807, 2.05) is 0 Å². The molecule has 332 valence electrons. The summed E-state index contributed by atoms with van der Waals surface area (Å²) in [5.41, 5.74) is 17.2. The summed E-state index contributed by atoms with van der Waals surface area (Å²) in [6.45, 7) is 0. The number of para-hydroxylation sites is 4. The molecule has 0 aliphatic heterocycles. The molecule has 0 amide bonds. The van der Waals surface area contributed by atoms with Gasteiger partial charge in [-0.2, -0.15) is 0 Å². The van der Waals surface area contributed by atoms with Gasteiger partial charge in [-0.1, -0.05) is 97.1 Å². The van der Waals surface area contributed by atoms with Crippen LogP contribution in [0.2, 0.25) is 0 Å². The van der Waals surface area contributed by atoms with Gasteiger partial charge in [0.1, 0.15) is 0 Å². The molecule has 70 heavy (non-hydrogen) atoms. The maximum absolute atomic E-state index is 2.37. The maximum atomic E-state index is 2.37. The molecule has 0 saturated heterocycles. The summed E-state index contributed by atoms with van der Waals surface area (Å²) in [6.07, 6.45) is 0. The zero-order chi connectivity index (χ0) is 46.6. The molecule has 12 rings (SSSR count). The summed E-state index contributed by atoms with van der Waals surface area (Å²) >= 11 is 0.268. The van der Waals surface area contributed by atoms with E-state index in [0.29, 0.717) is 0 Å². The summed E-state index contributed by atoms with van der Waals surface area (Å²) < 4.78 is 2.93. The standard InChI is InChI=1S/C66H47N3Se/c1-5-16-53(17-6-1)67(54-18-7-2-8-19-54)57-38-28-48(29-39-57)50-32-42-59(43-33-50)69(61-46-36-52(37-47-61)62-25-15-26-64-63-24-13-14-27-65(63)70-66(62)64)60-44-34-51(35-45-60)49-30-40-58(41-31-49)68(55-20-9-3-10-21-55)56-22-11-4-12-23-56/h1-47H. The second kappa shape index (κ2) is 19.1. The van der Waals surface area contributed by atoms with E-state index in [1.165, 1.54) is 30.4 Å². The van der Waals surface area contributed by atoms with Crippen LogP contribution in [0.15, 0.2) is 285 Å². The molecular formula is C66H47N3Se. The molecule has 12 aromatic rings. The number of hydrogen-bond acceptors (Lipinski definition) is 3. The average Bonchev–Trinajstić information content (AvgIpc) is 3.83. The van der Waals surface area contributed by atoms with Gasteiger partial charge < -0.3 is 9.80 Å². The van der Waals surface area contributed by atoms with Crippen LogP contribution in [-0.4, -0.2) is 14.5 Å². The maximum Gasteiger partial charge on any atom is -0.0374 e. The fourth-order valence-corrected chi connectivity index (χ4v) is 12.2. The van der Waals surface area contributed by atoms with Crippen molar-refractivity contribution in [3.05, 3.63) is 285 Å². The number of nitrogens with zero attached hydrogens (tertiary/aromatic N) is 3. The van der Waals surface area contributed by atoms with E-state index in [2.05, 4.69) is 300 Å². The van der Waals surface area contributed by atoms with Gasteiger partial charge in [-0.3, -0.25) is 0 Å². The van der Waals surface area contributed by atoms with Gasteiger partial charge in [-0.15, -0.1) is 0 Å².